The smallest absolute Gasteiger partial charge is 0.145 e. The summed E-state index contributed by atoms with van der Waals surface area (Å²) in [6.07, 6.45) is 4.36. The maximum Gasteiger partial charge on any atom is 0.145 e. The van der Waals surface area contributed by atoms with Gasteiger partial charge < -0.3 is 0 Å². The van der Waals surface area contributed by atoms with Crippen LogP contribution in [-0.2, 0) is 0 Å². The summed E-state index contributed by atoms with van der Waals surface area (Å²) in [6.45, 7) is 0. The number of fused-ring (bicyclic) bond motifs is 12. The summed E-state index contributed by atoms with van der Waals surface area (Å²) < 4.78 is 4.65. The predicted molar refractivity (Wildman–Crippen MR) is 252 cm³/mol. The number of nitrogens with zero attached hydrogens (tertiary/aromatic N) is 4. The van der Waals surface area contributed by atoms with Gasteiger partial charge in [0.15, 0.2) is 0 Å². The number of benzene rings is 10. The molecule has 0 saturated heterocycles. The highest BCUT2D eigenvalue weighted by atomic mass is 15.1. The van der Waals surface area contributed by atoms with Crippen molar-refractivity contribution < 1.29 is 0 Å². The minimum absolute atomic E-state index is 0.923. The molecule has 2 heterocycles. The van der Waals surface area contributed by atoms with E-state index in [0.717, 1.165) is 78.1 Å². The van der Waals surface area contributed by atoms with Crippen LogP contribution in [-0.4, -0.2) is 19.1 Å². The average Bonchev–Trinajstić information content (AvgIpc) is 3.94. The molecule has 0 spiro atoms. The maximum absolute atomic E-state index is 5.40. The first-order valence-electron chi connectivity index (χ1n) is 20.4. The highest BCUT2D eigenvalue weighted by Crippen LogP contribution is 2.41. The fourth-order valence-electron chi connectivity index (χ4n) is 9.13. The molecule has 0 aliphatic carbocycles. The molecule has 2 aromatic heterocycles. The van der Waals surface area contributed by atoms with Crippen LogP contribution in [0.1, 0.15) is 11.1 Å². The van der Waals surface area contributed by atoms with Crippen molar-refractivity contribution in [3.8, 4) is 34.2 Å². The standard InChI is InChI=1S/C56H36N4/c1-3-15-41(16-4-1)59-53-49-25-13-9-21-45(49)43-19-7-11-23-47(43)51(53)57-55(59)39-33-29-37(30-34-39)27-28-38-31-35-40(36-32-38)56-58-52-48-24-12-8-20-44(48)46-22-10-14-26-50(46)54(52)60(56)42-17-5-2-6-18-42/h1-36H/b28-27+. The van der Waals surface area contributed by atoms with Crippen LogP contribution in [0.5, 0.6) is 0 Å². The first kappa shape index (κ1) is 34.0. The van der Waals surface area contributed by atoms with Gasteiger partial charge in [0, 0.05) is 44.0 Å². The van der Waals surface area contributed by atoms with Crippen LogP contribution in [0.25, 0.3) is 111 Å². The van der Waals surface area contributed by atoms with E-state index >= 15 is 0 Å². The number of para-hydroxylation sites is 2. The van der Waals surface area contributed by atoms with E-state index in [2.05, 4.69) is 228 Å². The minimum Gasteiger partial charge on any atom is -0.292 e. The summed E-state index contributed by atoms with van der Waals surface area (Å²) in [5, 5.41) is 9.60. The number of rotatable bonds is 6. The number of imidazole rings is 2. The second-order valence-corrected chi connectivity index (χ2v) is 15.4. The minimum atomic E-state index is 0.923. The van der Waals surface area contributed by atoms with E-state index < -0.39 is 0 Å². The lowest BCUT2D eigenvalue weighted by atomic mass is 10.00. The predicted octanol–water partition coefficient (Wildman–Crippen LogP) is 14.5. The van der Waals surface area contributed by atoms with Crippen LogP contribution in [0.3, 0.4) is 0 Å². The Hall–Kier alpha value is -8.08. The molecule has 0 fully saturated rings. The van der Waals surface area contributed by atoms with Gasteiger partial charge in [-0.2, -0.15) is 0 Å². The Morgan fingerprint density at radius 3 is 0.950 bits per heavy atom. The molecule has 12 rings (SSSR count). The summed E-state index contributed by atoms with van der Waals surface area (Å²) in [6, 6.07) is 73.3. The Kier molecular flexibility index (Phi) is 7.82. The Morgan fingerprint density at radius 2 is 0.583 bits per heavy atom. The zero-order valence-corrected chi connectivity index (χ0v) is 32.6. The Labute approximate surface area is 346 Å². The second-order valence-electron chi connectivity index (χ2n) is 15.4. The van der Waals surface area contributed by atoms with E-state index in [1.165, 1.54) is 32.3 Å². The Bertz CT molecular complexity index is 3370. The number of aromatic nitrogens is 4. The fraction of sp³-hybridized carbons (Fsp3) is 0. The van der Waals surface area contributed by atoms with E-state index in [0.29, 0.717) is 0 Å². The third kappa shape index (κ3) is 5.39. The lowest BCUT2D eigenvalue weighted by Crippen LogP contribution is -1.98. The van der Waals surface area contributed by atoms with Crippen LogP contribution >= 0.6 is 0 Å². The number of hydrogen-bond acceptors (Lipinski definition) is 2. The van der Waals surface area contributed by atoms with Crippen LogP contribution in [0.2, 0.25) is 0 Å². The SMILES string of the molecule is C(=C\c1ccc(-c2nc3c4ccccc4c4ccccc4c3n2-c2ccccc2)cc1)/c1ccc(-c2nc3c4ccccc4c4ccccc4c3n2-c2ccccc2)cc1. The third-order valence-corrected chi connectivity index (χ3v) is 11.9. The third-order valence-electron chi connectivity index (χ3n) is 11.9. The summed E-state index contributed by atoms with van der Waals surface area (Å²) in [5.41, 5.74) is 10.8. The van der Waals surface area contributed by atoms with Gasteiger partial charge >= 0.3 is 0 Å². The van der Waals surface area contributed by atoms with Crippen molar-refractivity contribution in [2.24, 2.45) is 0 Å². The summed E-state index contributed by atoms with van der Waals surface area (Å²) in [4.78, 5) is 10.8. The van der Waals surface area contributed by atoms with Gasteiger partial charge in [-0.05, 0) is 56.9 Å². The van der Waals surface area contributed by atoms with Gasteiger partial charge in [0.2, 0.25) is 0 Å². The van der Waals surface area contributed by atoms with Crippen LogP contribution in [0.4, 0.5) is 0 Å². The molecule has 280 valence electrons. The zero-order valence-electron chi connectivity index (χ0n) is 32.6. The normalized spacial score (nSPS) is 11.9. The van der Waals surface area contributed by atoms with Crippen LogP contribution in [0.15, 0.2) is 206 Å². The lowest BCUT2D eigenvalue weighted by molar-refractivity contribution is 1.11. The van der Waals surface area contributed by atoms with Gasteiger partial charge in [-0.3, -0.25) is 9.13 Å². The number of hydrogen-bond donors (Lipinski definition) is 0. The Balaban J connectivity index is 0.919. The van der Waals surface area contributed by atoms with Crippen molar-refractivity contribution in [3.05, 3.63) is 217 Å². The maximum atomic E-state index is 5.40. The van der Waals surface area contributed by atoms with Gasteiger partial charge in [-0.15, -0.1) is 0 Å². The highest BCUT2D eigenvalue weighted by Gasteiger charge is 2.21. The molecule has 0 radical (unpaired) electrons. The first-order valence-corrected chi connectivity index (χ1v) is 20.4. The molecule has 12 aromatic rings. The fourth-order valence-corrected chi connectivity index (χ4v) is 9.13. The summed E-state index contributed by atoms with van der Waals surface area (Å²) in [7, 11) is 0. The summed E-state index contributed by atoms with van der Waals surface area (Å²) in [5.74, 6) is 1.85. The molecule has 0 atom stereocenters. The molecular weight excluding hydrogens is 729 g/mol. The van der Waals surface area contributed by atoms with E-state index in [-0.39, 0.29) is 0 Å². The van der Waals surface area contributed by atoms with Crippen molar-refractivity contribution in [2.45, 2.75) is 0 Å². The molecule has 0 aliphatic heterocycles. The van der Waals surface area contributed by atoms with Crippen molar-refractivity contribution in [3.63, 3.8) is 0 Å². The van der Waals surface area contributed by atoms with Crippen molar-refractivity contribution in [1.82, 2.24) is 19.1 Å². The van der Waals surface area contributed by atoms with E-state index in [9.17, 15) is 0 Å². The molecule has 4 nitrogen and oxygen atoms in total. The Morgan fingerprint density at radius 1 is 0.283 bits per heavy atom. The van der Waals surface area contributed by atoms with Crippen molar-refractivity contribution >= 4 is 77.3 Å². The highest BCUT2D eigenvalue weighted by molar-refractivity contribution is 6.25. The molecule has 4 heteroatoms. The molecule has 60 heavy (non-hydrogen) atoms. The quantitative estimate of drug-likeness (QED) is 0.125. The molecule has 0 N–H and O–H groups in total. The molecular formula is C56H36N4. The molecule has 0 aliphatic rings. The van der Waals surface area contributed by atoms with Crippen LogP contribution < -0.4 is 0 Å². The average molecular weight is 765 g/mol. The van der Waals surface area contributed by atoms with Crippen molar-refractivity contribution in [1.29, 1.82) is 0 Å². The largest absolute Gasteiger partial charge is 0.292 e. The van der Waals surface area contributed by atoms with E-state index in [1.54, 1.807) is 0 Å². The van der Waals surface area contributed by atoms with Gasteiger partial charge in [0.05, 0.1) is 22.1 Å². The molecule has 0 bridgehead atoms. The van der Waals surface area contributed by atoms with Gasteiger partial charge in [0.1, 0.15) is 11.6 Å². The second kappa shape index (κ2) is 13.8. The van der Waals surface area contributed by atoms with Gasteiger partial charge in [-0.1, -0.05) is 194 Å². The lowest BCUT2D eigenvalue weighted by Gasteiger charge is -2.12. The molecule has 0 amide bonds. The van der Waals surface area contributed by atoms with Gasteiger partial charge in [0.25, 0.3) is 0 Å². The zero-order chi connectivity index (χ0) is 39.6. The molecule has 0 unspecified atom stereocenters. The van der Waals surface area contributed by atoms with Crippen molar-refractivity contribution in [2.75, 3.05) is 0 Å². The van der Waals surface area contributed by atoms with E-state index in [4.69, 9.17) is 9.97 Å². The monoisotopic (exact) mass is 764 g/mol. The van der Waals surface area contributed by atoms with E-state index in [1.807, 2.05) is 0 Å². The topological polar surface area (TPSA) is 35.6 Å². The van der Waals surface area contributed by atoms with Crippen LogP contribution in [0, 0.1) is 0 Å². The first-order chi connectivity index (χ1) is 29.8. The summed E-state index contributed by atoms with van der Waals surface area (Å²) >= 11 is 0. The molecule has 0 saturated carbocycles. The van der Waals surface area contributed by atoms with Gasteiger partial charge in [-0.25, -0.2) is 9.97 Å². The molecule has 10 aromatic carbocycles.